The Labute approximate surface area is 303 Å². The largest absolute Gasteiger partial charge is 2.00 e. The van der Waals surface area contributed by atoms with Crippen molar-refractivity contribution in [2.75, 3.05) is 0 Å². The van der Waals surface area contributed by atoms with Gasteiger partial charge in [0.2, 0.25) is 0 Å². The molecule has 0 amide bonds. The van der Waals surface area contributed by atoms with E-state index in [1.54, 1.807) is 0 Å². The minimum absolute atomic E-state index is 0. The first-order valence-electron chi connectivity index (χ1n) is 16.4. The smallest absolute Gasteiger partial charge is 0.503 e. The van der Waals surface area contributed by atoms with Crippen LogP contribution in [0.1, 0.15) is 5.56 Å². The first-order chi connectivity index (χ1) is 24.2. The van der Waals surface area contributed by atoms with Crippen molar-refractivity contribution in [1.29, 1.82) is 0 Å². The van der Waals surface area contributed by atoms with Crippen LogP contribution in [0.25, 0.3) is 83.0 Å². The summed E-state index contributed by atoms with van der Waals surface area (Å²) in [4.78, 5) is 9.74. The van der Waals surface area contributed by atoms with E-state index in [-0.39, 0.29) is 21.1 Å². The number of hydrogen-bond acceptors (Lipinski definition) is 3. The number of para-hydroxylation sites is 1. The Hall–Kier alpha value is -5.83. The van der Waals surface area contributed by atoms with Gasteiger partial charge in [-0.2, -0.15) is 6.07 Å². The van der Waals surface area contributed by atoms with Crippen molar-refractivity contribution in [3.05, 3.63) is 164 Å². The van der Waals surface area contributed by atoms with E-state index in [1.807, 2.05) is 49.6 Å². The molecule has 0 aliphatic heterocycles. The number of aromatic nitrogens is 3. The van der Waals surface area contributed by atoms with Crippen LogP contribution in [0.3, 0.4) is 0 Å². The van der Waals surface area contributed by atoms with Crippen LogP contribution in [0, 0.1) is 19.1 Å². The molecule has 3 heterocycles. The number of aryl methyl sites for hydroxylation is 1. The molecule has 238 valence electrons. The number of nitrogens with zero attached hydrogens (tertiary/aromatic N) is 3. The molecule has 0 radical (unpaired) electrons. The van der Waals surface area contributed by atoms with Crippen LogP contribution in [-0.2, 0) is 21.1 Å². The van der Waals surface area contributed by atoms with Crippen LogP contribution in [0.4, 0.5) is 0 Å². The van der Waals surface area contributed by atoms with Gasteiger partial charge in [0.15, 0.2) is 0 Å². The van der Waals surface area contributed by atoms with Crippen molar-refractivity contribution in [3.8, 4) is 62.0 Å². The molecule has 4 nitrogen and oxygen atoms in total. The van der Waals surface area contributed by atoms with Gasteiger partial charge in [0.25, 0.3) is 0 Å². The Balaban J connectivity index is 0.00000336. The third kappa shape index (κ3) is 4.79. The molecule has 50 heavy (non-hydrogen) atoms. The maximum atomic E-state index is 6.45. The molecule has 0 bridgehead atoms. The van der Waals surface area contributed by atoms with E-state index >= 15 is 0 Å². The third-order valence-corrected chi connectivity index (χ3v) is 9.55. The van der Waals surface area contributed by atoms with Crippen LogP contribution in [0.2, 0.25) is 0 Å². The molecule has 9 aromatic rings. The summed E-state index contributed by atoms with van der Waals surface area (Å²) in [5, 5.41) is 4.73. The van der Waals surface area contributed by atoms with Crippen molar-refractivity contribution in [2.24, 2.45) is 0 Å². The van der Waals surface area contributed by atoms with Gasteiger partial charge in [0.05, 0.1) is 0 Å². The zero-order valence-electron chi connectivity index (χ0n) is 26.9. The van der Waals surface area contributed by atoms with Crippen molar-refractivity contribution >= 4 is 32.6 Å². The standard InChI is InChI=1S/C45H27N3O.Pt/c1-28-19-22-44(47-26-28)48-42-18-5-4-15-35(42)36-21-20-32(24-43(36)48)49-31-12-6-11-30(23-31)41-25-39-34-14-3-2-13-33(34)37-16-7-9-29-10-8-17-38(45(29)37)40(39)27-46-41;/h2-22,25-27H,1H3;/q-2;+2. The summed E-state index contributed by atoms with van der Waals surface area (Å²) in [6.07, 6.45) is 3.91. The van der Waals surface area contributed by atoms with Gasteiger partial charge in [0, 0.05) is 35.0 Å². The molecule has 0 atom stereocenters. The summed E-state index contributed by atoms with van der Waals surface area (Å²) < 4.78 is 8.60. The van der Waals surface area contributed by atoms with Crippen molar-refractivity contribution in [1.82, 2.24) is 14.5 Å². The van der Waals surface area contributed by atoms with Crippen LogP contribution in [0.5, 0.6) is 11.5 Å². The Morgan fingerprint density at radius 1 is 0.560 bits per heavy atom. The van der Waals surface area contributed by atoms with E-state index < -0.39 is 0 Å². The fourth-order valence-electron chi connectivity index (χ4n) is 7.32. The number of rotatable bonds is 4. The number of fused-ring (bicyclic) bond motifs is 8. The van der Waals surface area contributed by atoms with Crippen molar-refractivity contribution < 1.29 is 25.8 Å². The summed E-state index contributed by atoms with van der Waals surface area (Å²) in [5.41, 5.74) is 11.9. The first kappa shape index (κ1) is 30.2. The maximum absolute atomic E-state index is 6.45. The zero-order chi connectivity index (χ0) is 32.5. The van der Waals surface area contributed by atoms with E-state index in [1.165, 1.54) is 33.0 Å². The molecular formula is C45H27N3OPt. The fraction of sp³-hybridized carbons (Fsp3) is 0.0222. The third-order valence-electron chi connectivity index (χ3n) is 9.55. The van der Waals surface area contributed by atoms with Crippen molar-refractivity contribution in [3.63, 3.8) is 0 Å². The van der Waals surface area contributed by atoms with E-state index in [4.69, 9.17) is 14.7 Å². The molecule has 0 spiro atoms. The summed E-state index contributed by atoms with van der Waals surface area (Å²) >= 11 is 0. The van der Waals surface area contributed by atoms with E-state index in [0.29, 0.717) is 11.5 Å². The monoisotopic (exact) mass is 820 g/mol. The summed E-state index contributed by atoms with van der Waals surface area (Å²) in [6, 6.07) is 53.5. The van der Waals surface area contributed by atoms with E-state index in [0.717, 1.165) is 55.6 Å². The Bertz CT molecular complexity index is 2760. The van der Waals surface area contributed by atoms with Gasteiger partial charge >= 0.3 is 21.1 Å². The topological polar surface area (TPSA) is 39.9 Å². The zero-order valence-corrected chi connectivity index (χ0v) is 29.2. The van der Waals surface area contributed by atoms with Gasteiger partial charge in [-0.3, -0.25) is 0 Å². The minimum Gasteiger partial charge on any atom is -0.503 e. The maximum Gasteiger partial charge on any atom is 2.00 e. The summed E-state index contributed by atoms with van der Waals surface area (Å²) in [7, 11) is 0. The molecule has 0 saturated carbocycles. The predicted molar refractivity (Wildman–Crippen MR) is 198 cm³/mol. The van der Waals surface area contributed by atoms with Crippen molar-refractivity contribution in [2.45, 2.75) is 6.92 Å². The Kier molecular flexibility index (Phi) is 7.22. The normalized spacial score (nSPS) is 11.5. The number of benzene rings is 6. The molecule has 0 N–H and O–H groups in total. The van der Waals surface area contributed by atoms with E-state index in [2.05, 4.69) is 120 Å². The van der Waals surface area contributed by atoms with Crippen LogP contribution < -0.4 is 4.74 Å². The first-order valence-corrected chi connectivity index (χ1v) is 16.4. The van der Waals surface area contributed by atoms with Gasteiger partial charge in [-0.15, -0.1) is 41.3 Å². The summed E-state index contributed by atoms with van der Waals surface area (Å²) in [6.45, 7) is 2.05. The van der Waals surface area contributed by atoms with E-state index in [9.17, 15) is 0 Å². The molecule has 0 unspecified atom stereocenters. The number of ether oxygens (including phenoxy) is 1. The molecule has 5 heteroatoms. The molecule has 1 aliphatic rings. The van der Waals surface area contributed by atoms with Gasteiger partial charge in [0.1, 0.15) is 5.82 Å². The fourth-order valence-corrected chi connectivity index (χ4v) is 7.32. The second-order valence-electron chi connectivity index (χ2n) is 12.5. The van der Waals surface area contributed by atoms with Crippen LogP contribution in [0.15, 0.2) is 146 Å². The second-order valence-corrected chi connectivity index (χ2v) is 12.5. The van der Waals surface area contributed by atoms with Gasteiger partial charge < -0.3 is 14.3 Å². The molecular weight excluding hydrogens is 794 g/mol. The number of hydrogen-bond donors (Lipinski definition) is 0. The predicted octanol–water partition coefficient (Wildman–Crippen LogP) is 11.4. The average Bonchev–Trinajstić information content (AvgIpc) is 3.42. The molecule has 0 fully saturated rings. The quantitative estimate of drug-likeness (QED) is 0.166. The molecule has 0 saturated heterocycles. The Morgan fingerprint density at radius 2 is 1.28 bits per heavy atom. The molecule has 3 aromatic heterocycles. The SMILES string of the molecule is Cc1ccc(-n2c3[c-]c(Oc4[c-]c(-c5cc6c(cn5)-c5cccc7cccc(c57)-c5ccccc5-6)ccc4)ccc3c3ccccc32)nc1.[Pt+2]. The number of pyridine rings is 2. The van der Waals surface area contributed by atoms with Gasteiger partial charge in [-0.25, -0.2) is 4.98 Å². The van der Waals surface area contributed by atoms with Gasteiger partial charge in [-0.1, -0.05) is 103 Å². The second kappa shape index (κ2) is 11.9. The minimum atomic E-state index is 0. The molecule has 1 aliphatic carbocycles. The molecule has 6 aromatic carbocycles. The average molecular weight is 821 g/mol. The van der Waals surface area contributed by atoms with Crippen LogP contribution in [-0.4, -0.2) is 14.5 Å². The Morgan fingerprint density at radius 3 is 2.10 bits per heavy atom. The van der Waals surface area contributed by atoms with Gasteiger partial charge in [-0.05, 0) is 74.3 Å². The van der Waals surface area contributed by atoms with Crippen LogP contribution >= 0.6 is 0 Å². The summed E-state index contributed by atoms with van der Waals surface area (Å²) in [5.74, 6) is 2.04. The molecule has 10 rings (SSSR count).